The van der Waals surface area contributed by atoms with Crippen LogP contribution in [0.25, 0.3) is 10.4 Å². The highest BCUT2D eigenvalue weighted by Crippen LogP contribution is 2.33. The quantitative estimate of drug-likeness (QED) is 0.759. The summed E-state index contributed by atoms with van der Waals surface area (Å²) >= 11 is 5.11. The van der Waals surface area contributed by atoms with Gasteiger partial charge in [0.15, 0.2) is 3.92 Å². The standard InChI is InChI=1S/C13H14BrNS/c1-8(2)10-4-6-11(7-5-10)12-9(3)15-13(14)16-12/h4-8H,1-3H3. The summed E-state index contributed by atoms with van der Waals surface area (Å²) in [5, 5.41) is 0. The highest BCUT2D eigenvalue weighted by molar-refractivity contribution is 9.11. The SMILES string of the molecule is Cc1nc(Br)sc1-c1ccc(C(C)C)cc1. The number of aromatic nitrogens is 1. The van der Waals surface area contributed by atoms with Crippen molar-refractivity contribution in [1.29, 1.82) is 0 Å². The molecule has 0 unspecified atom stereocenters. The predicted octanol–water partition coefficient (Wildman–Crippen LogP) is 5.00. The van der Waals surface area contributed by atoms with Gasteiger partial charge in [0, 0.05) is 0 Å². The second kappa shape index (κ2) is 4.68. The van der Waals surface area contributed by atoms with Gasteiger partial charge in [-0.05, 0) is 39.9 Å². The zero-order chi connectivity index (χ0) is 11.7. The summed E-state index contributed by atoms with van der Waals surface area (Å²) in [6.45, 7) is 6.47. The van der Waals surface area contributed by atoms with Crippen LogP contribution in [0.1, 0.15) is 31.0 Å². The van der Waals surface area contributed by atoms with E-state index in [0.29, 0.717) is 5.92 Å². The Morgan fingerprint density at radius 2 is 1.81 bits per heavy atom. The van der Waals surface area contributed by atoms with Gasteiger partial charge in [0.05, 0.1) is 10.6 Å². The Balaban J connectivity index is 2.38. The molecule has 1 aromatic carbocycles. The van der Waals surface area contributed by atoms with Gasteiger partial charge in [-0.15, -0.1) is 11.3 Å². The third-order valence-corrected chi connectivity index (χ3v) is 4.27. The maximum absolute atomic E-state index is 4.38. The number of rotatable bonds is 2. The van der Waals surface area contributed by atoms with Crippen LogP contribution in [0.3, 0.4) is 0 Å². The number of benzene rings is 1. The molecule has 1 heterocycles. The minimum atomic E-state index is 0.586. The Morgan fingerprint density at radius 1 is 1.19 bits per heavy atom. The van der Waals surface area contributed by atoms with Crippen molar-refractivity contribution in [3.63, 3.8) is 0 Å². The molecule has 0 saturated heterocycles. The number of thiazole rings is 1. The third-order valence-electron chi connectivity index (χ3n) is 2.61. The number of aryl methyl sites for hydroxylation is 1. The molecule has 16 heavy (non-hydrogen) atoms. The summed E-state index contributed by atoms with van der Waals surface area (Å²) in [4.78, 5) is 5.63. The van der Waals surface area contributed by atoms with E-state index in [0.717, 1.165) is 9.61 Å². The van der Waals surface area contributed by atoms with Gasteiger partial charge < -0.3 is 0 Å². The molecule has 0 spiro atoms. The molecule has 0 aliphatic rings. The van der Waals surface area contributed by atoms with Gasteiger partial charge >= 0.3 is 0 Å². The van der Waals surface area contributed by atoms with Crippen molar-refractivity contribution in [2.45, 2.75) is 26.7 Å². The molecule has 2 rings (SSSR count). The van der Waals surface area contributed by atoms with E-state index in [9.17, 15) is 0 Å². The van der Waals surface area contributed by atoms with Crippen LogP contribution in [0.15, 0.2) is 28.2 Å². The normalized spacial score (nSPS) is 11.1. The minimum Gasteiger partial charge on any atom is -0.234 e. The van der Waals surface area contributed by atoms with Gasteiger partial charge in [-0.3, -0.25) is 0 Å². The molecule has 2 aromatic rings. The van der Waals surface area contributed by atoms with Gasteiger partial charge in [-0.1, -0.05) is 38.1 Å². The van der Waals surface area contributed by atoms with Crippen molar-refractivity contribution in [2.24, 2.45) is 0 Å². The molecule has 0 fully saturated rings. The van der Waals surface area contributed by atoms with E-state index >= 15 is 0 Å². The molecule has 0 aliphatic heterocycles. The lowest BCUT2D eigenvalue weighted by Crippen LogP contribution is -1.86. The molecule has 0 saturated carbocycles. The lowest BCUT2D eigenvalue weighted by Gasteiger charge is -2.06. The van der Waals surface area contributed by atoms with Crippen LogP contribution in [-0.2, 0) is 0 Å². The monoisotopic (exact) mass is 295 g/mol. The van der Waals surface area contributed by atoms with Gasteiger partial charge in [-0.2, -0.15) is 0 Å². The molecule has 0 aliphatic carbocycles. The topological polar surface area (TPSA) is 12.9 Å². The number of halogens is 1. The maximum atomic E-state index is 4.38. The van der Waals surface area contributed by atoms with E-state index in [1.165, 1.54) is 16.0 Å². The zero-order valence-corrected chi connectivity index (χ0v) is 12.0. The fraction of sp³-hybridized carbons (Fsp3) is 0.308. The highest BCUT2D eigenvalue weighted by atomic mass is 79.9. The Kier molecular flexibility index (Phi) is 3.45. The second-order valence-corrected chi connectivity index (χ2v) is 6.43. The summed E-state index contributed by atoms with van der Waals surface area (Å²) in [5.74, 6) is 0.586. The van der Waals surface area contributed by atoms with E-state index in [-0.39, 0.29) is 0 Å². The van der Waals surface area contributed by atoms with Gasteiger partial charge in [0.2, 0.25) is 0 Å². The minimum absolute atomic E-state index is 0.586. The Labute approximate surface area is 109 Å². The van der Waals surface area contributed by atoms with Crippen LogP contribution in [0.2, 0.25) is 0 Å². The fourth-order valence-corrected chi connectivity index (χ4v) is 3.20. The molecular weight excluding hydrogens is 282 g/mol. The Hall–Kier alpha value is -0.670. The Morgan fingerprint density at radius 3 is 2.25 bits per heavy atom. The van der Waals surface area contributed by atoms with Crippen molar-refractivity contribution < 1.29 is 0 Å². The molecule has 84 valence electrons. The van der Waals surface area contributed by atoms with Crippen LogP contribution in [0.5, 0.6) is 0 Å². The maximum Gasteiger partial charge on any atom is 0.159 e. The first-order valence-electron chi connectivity index (χ1n) is 5.31. The summed E-state index contributed by atoms with van der Waals surface area (Å²) < 4.78 is 0.952. The van der Waals surface area contributed by atoms with Crippen LogP contribution in [0, 0.1) is 6.92 Å². The summed E-state index contributed by atoms with van der Waals surface area (Å²) in [5.41, 5.74) is 3.73. The molecule has 1 nitrogen and oxygen atoms in total. The second-order valence-electron chi connectivity index (χ2n) is 4.16. The molecule has 0 bridgehead atoms. The molecule has 0 N–H and O–H groups in total. The average Bonchev–Trinajstić information content (AvgIpc) is 2.58. The van der Waals surface area contributed by atoms with E-state index in [1.807, 2.05) is 6.92 Å². The molecule has 0 atom stereocenters. The number of hydrogen-bond acceptors (Lipinski definition) is 2. The number of nitrogens with zero attached hydrogens (tertiary/aromatic N) is 1. The molecule has 1 aromatic heterocycles. The van der Waals surface area contributed by atoms with E-state index < -0.39 is 0 Å². The van der Waals surface area contributed by atoms with Crippen molar-refractivity contribution in [1.82, 2.24) is 4.98 Å². The zero-order valence-electron chi connectivity index (χ0n) is 9.62. The molecule has 0 amide bonds. The first-order chi connectivity index (χ1) is 7.58. The largest absolute Gasteiger partial charge is 0.234 e. The fourth-order valence-electron chi connectivity index (χ4n) is 1.65. The summed E-state index contributed by atoms with van der Waals surface area (Å²) in [6, 6.07) is 8.77. The lowest BCUT2D eigenvalue weighted by atomic mass is 10.0. The van der Waals surface area contributed by atoms with E-state index in [4.69, 9.17) is 0 Å². The van der Waals surface area contributed by atoms with Gasteiger partial charge in [0.1, 0.15) is 0 Å². The molecular formula is C13H14BrNS. The van der Waals surface area contributed by atoms with Crippen LogP contribution in [0.4, 0.5) is 0 Å². The molecule has 3 heteroatoms. The first kappa shape index (κ1) is 11.8. The van der Waals surface area contributed by atoms with Gasteiger partial charge in [0.25, 0.3) is 0 Å². The summed E-state index contributed by atoms with van der Waals surface area (Å²) in [7, 11) is 0. The lowest BCUT2D eigenvalue weighted by molar-refractivity contribution is 0.867. The van der Waals surface area contributed by atoms with Gasteiger partial charge in [-0.25, -0.2) is 4.98 Å². The number of hydrogen-bond donors (Lipinski definition) is 0. The van der Waals surface area contributed by atoms with Crippen LogP contribution in [-0.4, -0.2) is 4.98 Å². The van der Waals surface area contributed by atoms with Crippen LogP contribution >= 0.6 is 27.3 Å². The van der Waals surface area contributed by atoms with Crippen molar-refractivity contribution >= 4 is 27.3 Å². The highest BCUT2D eigenvalue weighted by Gasteiger charge is 2.08. The molecule has 0 radical (unpaired) electrons. The van der Waals surface area contributed by atoms with Crippen LogP contribution < -0.4 is 0 Å². The summed E-state index contributed by atoms with van der Waals surface area (Å²) in [6.07, 6.45) is 0. The van der Waals surface area contributed by atoms with E-state index in [1.54, 1.807) is 11.3 Å². The Bertz CT molecular complexity index is 485. The van der Waals surface area contributed by atoms with Crippen molar-refractivity contribution in [3.05, 3.63) is 39.4 Å². The van der Waals surface area contributed by atoms with Crippen molar-refractivity contribution in [3.8, 4) is 10.4 Å². The van der Waals surface area contributed by atoms with E-state index in [2.05, 4.69) is 59.0 Å². The predicted molar refractivity (Wildman–Crippen MR) is 74.1 cm³/mol. The first-order valence-corrected chi connectivity index (χ1v) is 6.92. The average molecular weight is 296 g/mol. The third kappa shape index (κ3) is 2.36. The smallest absolute Gasteiger partial charge is 0.159 e. The van der Waals surface area contributed by atoms with Crippen molar-refractivity contribution in [2.75, 3.05) is 0 Å².